The van der Waals surface area contributed by atoms with Crippen molar-refractivity contribution in [2.24, 2.45) is 5.92 Å². The van der Waals surface area contributed by atoms with E-state index in [1.165, 1.54) is 7.11 Å². The zero-order valence-electron chi connectivity index (χ0n) is 18.5. The summed E-state index contributed by atoms with van der Waals surface area (Å²) >= 11 is 0. The van der Waals surface area contributed by atoms with Gasteiger partial charge in [0.15, 0.2) is 5.78 Å². The first-order chi connectivity index (χ1) is 14.2. The van der Waals surface area contributed by atoms with Gasteiger partial charge in [-0.3, -0.25) is 9.59 Å². The standard InChI is InChI=1S/C23H30N2O5/c1-14(2)11-12-25(22(27)17-7-9-18(29-5)10-8-17)13-19(26)20-15(3)21(23(28)30-6)24-16(20)4/h7-10,14,24H,11-13H2,1-6H3. The fraction of sp³-hybridized carbons (Fsp3) is 0.435. The Morgan fingerprint density at radius 3 is 2.23 bits per heavy atom. The number of nitrogens with zero attached hydrogens (tertiary/aromatic N) is 1. The number of carbonyl (C=O) groups excluding carboxylic acids is 3. The molecule has 2 rings (SSSR count). The summed E-state index contributed by atoms with van der Waals surface area (Å²) in [5.74, 6) is 0.0755. The lowest BCUT2D eigenvalue weighted by atomic mass is 10.0. The van der Waals surface area contributed by atoms with Crippen LogP contribution < -0.4 is 4.74 Å². The van der Waals surface area contributed by atoms with Gasteiger partial charge in [0.2, 0.25) is 0 Å². The molecular formula is C23H30N2O5. The highest BCUT2D eigenvalue weighted by atomic mass is 16.5. The number of carbonyl (C=O) groups is 3. The summed E-state index contributed by atoms with van der Waals surface area (Å²) < 4.78 is 9.92. The molecule has 1 amide bonds. The molecule has 7 heteroatoms. The van der Waals surface area contributed by atoms with E-state index in [1.54, 1.807) is 50.1 Å². The van der Waals surface area contributed by atoms with Crippen LogP contribution >= 0.6 is 0 Å². The Hall–Kier alpha value is -3.09. The van der Waals surface area contributed by atoms with Gasteiger partial charge in [-0.1, -0.05) is 13.8 Å². The van der Waals surface area contributed by atoms with Crippen LogP contribution in [-0.4, -0.2) is 54.9 Å². The Kier molecular flexibility index (Phi) is 7.80. The molecule has 0 fully saturated rings. The fourth-order valence-corrected chi connectivity index (χ4v) is 3.31. The van der Waals surface area contributed by atoms with Gasteiger partial charge < -0.3 is 19.4 Å². The lowest BCUT2D eigenvalue weighted by molar-refractivity contribution is 0.0593. The van der Waals surface area contributed by atoms with E-state index in [0.29, 0.717) is 40.6 Å². The first-order valence-electron chi connectivity index (χ1n) is 9.93. The maximum absolute atomic E-state index is 13.1. The number of nitrogens with one attached hydrogen (secondary N) is 1. The van der Waals surface area contributed by atoms with Crippen LogP contribution in [0.3, 0.4) is 0 Å². The topological polar surface area (TPSA) is 88.7 Å². The highest BCUT2D eigenvalue weighted by Crippen LogP contribution is 2.21. The first-order valence-corrected chi connectivity index (χ1v) is 9.93. The summed E-state index contributed by atoms with van der Waals surface area (Å²) in [6, 6.07) is 6.82. The molecule has 1 heterocycles. The van der Waals surface area contributed by atoms with E-state index < -0.39 is 5.97 Å². The van der Waals surface area contributed by atoms with Crippen LogP contribution in [-0.2, 0) is 4.74 Å². The summed E-state index contributed by atoms with van der Waals surface area (Å²) in [5, 5.41) is 0. The third-order valence-electron chi connectivity index (χ3n) is 5.04. The summed E-state index contributed by atoms with van der Waals surface area (Å²) in [5.41, 5.74) is 2.29. The largest absolute Gasteiger partial charge is 0.497 e. The van der Waals surface area contributed by atoms with E-state index in [4.69, 9.17) is 9.47 Å². The van der Waals surface area contributed by atoms with Gasteiger partial charge in [-0.05, 0) is 56.0 Å². The van der Waals surface area contributed by atoms with Gasteiger partial charge in [0.1, 0.15) is 11.4 Å². The van der Waals surface area contributed by atoms with Crippen LogP contribution in [0, 0.1) is 19.8 Å². The maximum atomic E-state index is 13.1. The van der Waals surface area contributed by atoms with Crippen molar-refractivity contribution in [3.8, 4) is 5.75 Å². The number of hydrogen-bond donors (Lipinski definition) is 1. The molecule has 2 aromatic rings. The number of methoxy groups -OCH3 is 2. The molecule has 0 aliphatic rings. The first kappa shape index (κ1) is 23.2. The van der Waals surface area contributed by atoms with E-state index >= 15 is 0 Å². The normalized spacial score (nSPS) is 10.8. The van der Waals surface area contributed by atoms with Crippen LogP contribution in [0.1, 0.15) is 62.7 Å². The van der Waals surface area contributed by atoms with Crippen LogP contribution in [0.4, 0.5) is 0 Å². The SMILES string of the molecule is COC(=O)c1[nH]c(C)c(C(=O)CN(CCC(C)C)C(=O)c2ccc(OC)cc2)c1C. The zero-order valence-corrected chi connectivity index (χ0v) is 18.5. The van der Waals surface area contributed by atoms with Crippen LogP contribution in [0.15, 0.2) is 24.3 Å². The van der Waals surface area contributed by atoms with Crippen molar-refractivity contribution < 1.29 is 23.9 Å². The highest BCUT2D eigenvalue weighted by Gasteiger charge is 2.26. The smallest absolute Gasteiger partial charge is 0.354 e. The molecule has 0 unspecified atom stereocenters. The van der Waals surface area contributed by atoms with Crippen molar-refractivity contribution in [2.75, 3.05) is 27.3 Å². The number of ether oxygens (including phenoxy) is 2. The number of H-pyrrole nitrogens is 1. The maximum Gasteiger partial charge on any atom is 0.354 e. The summed E-state index contributed by atoms with van der Waals surface area (Å²) in [6.45, 7) is 7.96. The Morgan fingerprint density at radius 2 is 1.70 bits per heavy atom. The number of aromatic nitrogens is 1. The molecule has 0 spiro atoms. The Labute approximate surface area is 177 Å². The van der Waals surface area contributed by atoms with E-state index in [1.807, 2.05) is 0 Å². The predicted molar refractivity (Wildman–Crippen MR) is 114 cm³/mol. The molecule has 0 radical (unpaired) electrons. The summed E-state index contributed by atoms with van der Waals surface area (Å²) in [4.78, 5) is 42.6. The molecule has 0 aliphatic heterocycles. The highest BCUT2D eigenvalue weighted by molar-refractivity contribution is 6.05. The minimum Gasteiger partial charge on any atom is -0.497 e. The Balaban J connectivity index is 2.29. The second-order valence-electron chi connectivity index (χ2n) is 7.68. The lowest BCUT2D eigenvalue weighted by Gasteiger charge is -2.23. The van der Waals surface area contributed by atoms with Gasteiger partial charge in [-0.25, -0.2) is 4.79 Å². The molecule has 0 bridgehead atoms. The summed E-state index contributed by atoms with van der Waals surface area (Å²) in [7, 11) is 2.86. The average Bonchev–Trinajstić information content (AvgIpc) is 3.03. The number of hydrogen-bond acceptors (Lipinski definition) is 5. The van der Waals surface area contributed by atoms with Gasteiger partial charge >= 0.3 is 5.97 Å². The van der Waals surface area contributed by atoms with E-state index in [2.05, 4.69) is 18.8 Å². The number of esters is 1. The number of amides is 1. The zero-order chi connectivity index (χ0) is 22.4. The van der Waals surface area contributed by atoms with Crippen molar-refractivity contribution >= 4 is 17.7 Å². The van der Waals surface area contributed by atoms with Crippen molar-refractivity contribution in [1.82, 2.24) is 9.88 Å². The second-order valence-corrected chi connectivity index (χ2v) is 7.68. The molecule has 0 atom stereocenters. The Bertz CT molecular complexity index is 912. The second kappa shape index (κ2) is 10.1. The van der Waals surface area contributed by atoms with Gasteiger partial charge in [-0.15, -0.1) is 0 Å². The van der Waals surface area contributed by atoms with Crippen molar-refractivity contribution in [3.05, 3.63) is 52.3 Å². The number of benzene rings is 1. The van der Waals surface area contributed by atoms with Crippen LogP contribution in [0.25, 0.3) is 0 Å². The molecule has 0 saturated carbocycles. The molecule has 1 aromatic heterocycles. The molecule has 30 heavy (non-hydrogen) atoms. The predicted octanol–water partition coefficient (Wildman–Crippen LogP) is 3.80. The van der Waals surface area contributed by atoms with E-state index in [9.17, 15) is 14.4 Å². The minimum absolute atomic E-state index is 0.0717. The van der Waals surface area contributed by atoms with Gasteiger partial charge in [0, 0.05) is 23.4 Å². The molecule has 0 aliphatic carbocycles. The van der Waals surface area contributed by atoms with Gasteiger partial charge in [0.05, 0.1) is 20.8 Å². The average molecular weight is 415 g/mol. The van der Waals surface area contributed by atoms with Crippen molar-refractivity contribution in [3.63, 3.8) is 0 Å². The minimum atomic E-state index is -0.527. The molecular weight excluding hydrogens is 384 g/mol. The van der Waals surface area contributed by atoms with Gasteiger partial charge in [0.25, 0.3) is 5.91 Å². The monoisotopic (exact) mass is 414 g/mol. The number of ketones is 1. The van der Waals surface area contributed by atoms with Crippen LogP contribution in [0.2, 0.25) is 0 Å². The van der Waals surface area contributed by atoms with E-state index in [0.717, 1.165) is 6.42 Å². The molecule has 1 aromatic carbocycles. The van der Waals surface area contributed by atoms with Gasteiger partial charge in [-0.2, -0.15) is 0 Å². The Morgan fingerprint density at radius 1 is 1.07 bits per heavy atom. The molecule has 1 N–H and O–H groups in total. The summed E-state index contributed by atoms with van der Waals surface area (Å²) in [6.07, 6.45) is 0.772. The van der Waals surface area contributed by atoms with Crippen molar-refractivity contribution in [2.45, 2.75) is 34.1 Å². The quantitative estimate of drug-likeness (QED) is 0.498. The van der Waals surface area contributed by atoms with Crippen molar-refractivity contribution in [1.29, 1.82) is 0 Å². The third-order valence-corrected chi connectivity index (χ3v) is 5.04. The molecule has 162 valence electrons. The lowest BCUT2D eigenvalue weighted by Crippen LogP contribution is -2.37. The number of aryl methyl sites for hydroxylation is 1. The third kappa shape index (κ3) is 5.28. The fourth-order valence-electron chi connectivity index (χ4n) is 3.31. The number of aromatic amines is 1. The molecule has 0 saturated heterocycles. The van der Waals surface area contributed by atoms with Crippen LogP contribution in [0.5, 0.6) is 5.75 Å². The number of rotatable bonds is 9. The molecule has 7 nitrogen and oxygen atoms in total. The van der Waals surface area contributed by atoms with E-state index in [-0.39, 0.29) is 23.9 Å². The number of Topliss-reactive ketones (excluding diaryl/α,β-unsaturated/α-hetero) is 1.